The zero-order valence-corrected chi connectivity index (χ0v) is 19.8. The van der Waals surface area contributed by atoms with E-state index in [0.29, 0.717) is 43.2 Å². The first-order valence-corrected chi connectivity index (χ1v) is 11.4. The minimum absolute atomic E-state index is 0.0105. The van der Waals surface area contributed by atoms with Crippen molar-refractivity contribution in [2.45, 2.75) is 53.4 Å². The maximum absolute atomic E-state index is 14.5. The highest BCUT2D eigenvalue weighted by molar-refractivity contribution is 6.31. The van der Waals surface area contributed by atoms with Crippen LogP contribution in [0.25, 0.3) is 0 Å². The zero-order valence-electron chi connectivity index (χ0n) is 19.1. The van der Waals surface area contributed by atoms with E-state index in [4.69, 9.17) is 21.6 Å². The molecular weight excluding hydrogens is 415 g/mol. The molecule has 0 N–H and O–H groups in total. The van der Waals surface area contributed by atoms with E-state index < -0.39 is 0 Å². The summed E-state index contributed by atoms with van der Waals surface area (Å²) < 4.78 is 14.5. The van der Waals surface area contributed by atoms with Crippen LogP contribution in [0.1, 0.15) is 62.7 Å². The largest absolute Gasteiger partial charge is 0.353 e. The molecule has 1 atom stereocenters. The summed E-state index contributed by atoms with van der Waals surface area (Å²) in [5.41, 5.74) is 2.20. The Morgan fingerprint density at radius 2 is 1.81 bits per heavy atom. The number of benzene rings is 1. The first-order valence-electron chi connectivity index (χ1n) is 11.1. The number of halogens is 2. The lowest BCUT2D eigenvalue weighted by Gasteiger charge is -2.37. The number of carbonyl (C=O) groups excluding carboxylic acids is 1. The molecule has 0 saturated carbocycles. The van der Waals surface area contributed by atoms with E-state index in [1.807, 2.05) is 25.7 Å². The molecule has 0 aliphatic carbocycles. The number of rotatable bonds is 6. The van der Waals surface area contributed by atoms with E-state index in [1.54, 1.807) is 12.1 Å². The molecule has 5 nitrogen and oxygen atoms in total. The number of aryl methyl sites for hydroxylation is 1. The highest BCUT2D eigenvalue weighted by Crippen LogP contribution is 2.30. The van der Waals surface area contributed by atoms with Crippen molar-refractivity contribution < 1.29 is 9.18 Å². The van der Waals surface area contributed by atoms with Gasteiger partial charge in [0.25, 0.3) is 0 Å². The Kier molecular flexibility index (Phi) is 7.52. The highest BCUT2D eigenvalue weighted by Gasteiger charge is 2.27. The van der Waals surface area contributed by atoms with Gasteiger partial charge in [0.05, 0.1) is 0 Å². The Morgan fingerprint density at radius 1 is 1.13 bits per heavy atom. The summed E-state index contributed by atoms with van der Waals surface area (Å²) in [6.45, 7) is 12.7. The van der Waals surface area contributed by atoms with E-state index in [2.05, 4.69) is 18.7 Å². The zero-order chi connectivity index (χ0) is 22.7. The van der Waals surface area contributed by atoms with Crippen LogP contribution in [0, 0.1) is 18.7 Å². The van der Waals surface area contributed by atoms with Crippen molar-refractivity contribution in [2.24, 2.45) is 5.92 Å². The van der Waals surface area contributed by atoms with Crippen LogP contribution in [0.3, 0.4) is 0 Å². The number of amides is 1. The van der Waals surface area contributed by atoms with Gasteiger partial charge in [-0.15, -0.1) is 0 Å². The van der Waals surface area contributed by atoms with E-state index in [-0.39, 0.29) is 23.6 Å². The molecular formula is C24H32ClFN4O. The standard InChI is InChI=1S/C24H32ClFN4O/c1-6-16(4)22-27-17(5)18(14-19-20(25)8-7-9-21(19)26)23(28-22)29-10-12-30(13-11-29)24(31)15(2)3/h7-9,15-16H,6,10-14H2,1-5H3/t16-/m0/s1. The fourth-order valence-corrected chi connectivity index (χ4v) is 4.09. The Hall–Kier alpha value is -2.21. The van der Waals surface area contributed by atoms with Crippen molar-refractivity contribution in [2.75, 3.05) is 31.1 Å². The van der Waals surface area contributed by atoms with Crippen LogP contribution in [-0.2, 0) is 11.2 Å². The molecule has 0 bridgehead atoms. The molecule has 1 aliphatic heterocycles. The Bertz CT molecular complexity index is 921. The van der Waals surface area contributed by atoms with Gasteiger partial charge in [0.1, 0.15) is 17.5 Å². The highest BCUT2D eigenvalue weighted by atomic mass is 35.5. The fourth-order valence-electron chi connectivity index (χ4n) is 3.86. The van der Waals surface area contributed by atoms with Gasteiger partial charge in [-0.25, -0.2) is 14.4 Å². The molecule has 0 unspecified atom stereocenters. The number of nitrogens with zero attached hydrogens (tertiary/aromatic N) is 4. The number of anilines is 1. The van der Waals surface area contributed by atoms with Crippen LogP contribution in [-0.4, -0.2) is 47.0 Å². The number of piperazine rings is 1. The summed E-state index contributed by atoms with van der Waals surface area (Å²) in [5, 5.41) is 0.406. The van der Waals surface area contributed by atoms with Crippen LogP contribution in [0.15, 0.2) is 18.2 Å². The normalized spacial score (nSPS) is 15.5. The smallest absolute Gasteiger partial charge is 0.225 e. The molecule has 31 heavy (non-hydrogen) atoms. The van der Waals surface area contributed by atoms with Gasteiger partial charge in [0.15, 0.2) is 0 Å². The van der Waals surface area contributed by atoms with E-state index in [9.17, 15) is 9.18 Å². The maximum Gasteiger partial charge on any atom is 0.225 e. The van der Waals surface area contributed by atoms with Crippen molar-refractivity contribution in [1.29, 1.82) is 0 Å². The van der Waals surface area contributed by atoms with Gasteiger partial charge in [-0.1, -0.05) is 45.4 Å². The Morgan fingerprint density at radius 3 is 2.39 bits per heavy atom. The molecule has 1 saturated heterocycles. The summed E-state index contributed by atoms with van der Waals surface area (Å²) >= 11 is 6.32. The van der Waals surface area contributed by atoms with E-state index in [0.717, 1.165) is 29.3 Å². The monoisotopic (exact) mass is 446 g/mol. The lowest BCUT2D eigenvalue weighted by Crippen LogP contribution is -2.50. The van der Waals surface area contributed by atoms with Crippen molar-refractivity contribution in [3.63, 3.8) is 0 Å². The SMILES string of the molecule is CC[C@H](C)c1nc(C)c(Cc2c(F)cccc2Cl)c(N2CCN(C(=O)C(C)C)CC2)n1. The second-order valence-electron chi connectivity index (χ2n) is 8.62. The lowest BCUT2D eigenvalue weighted by molar-refractivity contribution is -0.134. The second kappa shape index (κ2) is 9.94. The van der Waals surface area contributed by atoms with Crippen LogP contribution >= 0.6 is 11.6 Å². The average molecular weight is 447 g/mol. The van der Waals surface area contributed by atoms with Crippen molar-refractivity contribution in [3.05, 3.63) is 51.7 Å². The molecule has 168 valence electrons. The minimum atomic E-state index is -0.323. The number of aromatic nitrogens is 2. The summed E-state index contributed by atoms with van der Waals surface area (Å²) in [6, 6.07) is 4.75. The molecule has 1 aromatic carbocycles. The summed E-state index contributed by atoms with van der Waals surface area (Å²) in [7, 11) is 0. The quantitative estimate of drug-likeness (QED) is 0.627. The van der Waals surface area contributed by atoms with Crippen LogP contribution in [0.5, 0.6) is 0 Å². The van der Waals surface area contributed by atoms with Crippen molar-refractivity contribution in [3.8, 4) is 0 Å². The minimum Gasteiger partial charge on any atom is -0.353 e. The average Bonchev–Trinajstić information content (AvgIpc) is 2.75. The van der Waals surface area contributed by atoms with Gasteiger partial charge in [0.2, 0.25) is 5.91 Å². The summed E-state index contributed by atoms with van der Waals surface area (Å²) in [4.78, 5) is 26.2. The molecule has 1 aliphatic rings. The summed E-state index contributed by atoms with van der Waals surface area (Å²) in [5.74, 6) is 1.71. The molecule has 1 fully saturated rings. The van der Waals surface area contributed by atoms with Gasteiger partial charge in [-0.3, -0.25) is 4.79 Å². The molecule has 1 amide bonds. The number of hydrogen-bond donors (Lipinski definition) is 0. The molecule has 0 radical (unpaired) electrons. The van der Waals surface area contributed by atoms with Crippen LogP contribution in [0.2, 0.25) is 5.02 Å². The molecule has 7 heteroatoms. The predicted molar refractivity (Wildman–Crippen MR) is 123 cm³/mol. The summed E-state index contributed by atoms with van der Waals surface area (Å²) in [6.07, 6.45) is 1.27. The van der Waals surface area contributed by atoms with Crippen LogP contribution in [0.4, 0.5) is 10.2 Å². The first-order chi connectivity index (χ1) is 14.7. The van der Waals surface area contributed by atoms with Crippen molar-refractivity contribution in [1.82, 2.24) is 14.9 Å². The van der Waals surface area contributed by atoms with Crippen LogP contribution < -0.4 is 4.90 Å². The third kappa shape index (κ3) is 5.17. The van der Waals surface area contributed by atoms with Gasteiger partial charge >= 0.3 is 0 Å². The fraction of sp³-hybridized carbons (Fsp3) is 0.542. The molecule has 3 rings (SSSR count). The molecule has 2 aromatic rings. The van der Waals surface area contributed by atoms with Gasteiger partial charge in [-0.2, -0.15) is 0 Å². The van der Waals surface area contributed by atoms with E-state index in [1.165, 1.54) is 6.07 Å². The van der Waals surface area contributed by atoms with E-state index >= 15 is 0 Å². The first kappa shape index (κ1) is 23.5. The van der Waals surface area contributed by atoms with Gasteiger partial charge in [0, 0.05) is 66.3 Å². The van der Waals surface area contributed by atoms with Gasteiger partial charge in [-0.05, 0) is 25.5 Å². The number of hydrogen-bond acceptors (Lipinski definition) is 4. The third-order valence-corrected chi connectivity index (χ3v) is 6.42. The Labute approximate surface area is 189 Å². The number of carbonyl (C=O) groups is 1. The molecule has 2 heterocycles. The Balaban J connectivity index is 1.97. The maximum atomic E-state index is 14.5. The molecule has 0 spiro atoms. The molecule has 1 aromatic heterocycles. The lowest BCUT2D eigenvalue weighted by atomic mass is 10.0. The topological polar surface area (TPSA) is 49.3 Å². The second-order valence-corrected chi connectivity index (χ2v) is 9.03. The van der Waals surface area contributed by atoms with Crippen molar-refractivity contribution >= 4 is 23.3 Å². The third-order valence-electron chi connectivity index (χ3n) is 6.06. The van der Waals surface area contributed by atoms with Gasteiger partial charge < -0.3 is 9.80 Å². The predicted octanol–water partition coefficient (Wildman–Crippen LogP) is 4.99.